The van der Waals surface area contributed by atoms with Gasteiger partial charge in [-0.2, -0.15) is 0 Å². The summed E-state index contributed by atoms with van der Waals surface area (Å²) in [6.45, 7) is 3.89. The highest BCUT2D eigenvalue weighted by atomic mass is 16.6. The molecule has 1 fully saturated rings. The van der Waals surface area contributed by atoms with Crippen LogP contribution in [-0.4, -0.2) is 28.1 Å². The van der Waals surface area contributed by atoms with Gasteiger partial charge in [0, 0.05) is 17.7 Å². The third-order valence-electron chi connectivity index (χ3n) is 3.83. The Hall–Kier alpha value is -3.67. The fourth-order valence-electron chi connectivity index (χ4n) is 2.65. The van der Waals surface area contributed by atoms with E-state index in [0.29, 0.717) is 17.7 Å². The SMILES string of the molecule is C=C1C(=O)O[C@@H](c2ccccc2)[C@@H]1c1ccccc1.O=C(O)/C=C/C(=O)O. The lowest BCUT2D eigenvalue weighted by Crippen LogP contribution is -2.06. The molecule has 138 valence electrons. The second-order valence-electron chi connectivity index (χ2n) is 5.66. The molecule has 6 heteroatoms. The molecule has 0 unspecified atom stereocenters. The number of rotatable bonds is 4. The van der Waals surface area contributed by atoms with Crippen LogP contribution >= 0.6 is 0 Å². The van der Waals surface area contributed by atoms with Crippen molar-refractivity contribution in [3.8, 4) is 0 Å². The van der Waals surface area contributed by atoms with E-state index in [9.17, 15) is 14.4 Å². The van der Waals surface area contributed by atoms with Crippen molar-refractivity contribution < 1.29 is 29.3 Å². The number of carbonyl (C=O) groups excluding carboxylic acids is 1. The first kappa shape index (κ1) is 19.7. The average Bonchev–Trinajstić information content (AvgIpc) is 2.97. The van der Waals surface area contributed by atoms with Gasteiger partial charge in [0.15, 0.2) is 0 Å². The number of ether oxygens (including phenoxy) is 1. The van der Waals surface area contributed by atoms with E-state index in [2.05, 4.69) is 6.58 Å². The molecular weight excluding hydrogens is 348 g/mol. The molecule has 3 rings (SSSR count). The van der Waals surface area contributed by atoms with Crippen LogP contribution in [0.4, 0.5) is 0 Å². The summed E-state index contributed by atoms with van der Waals surface area (Å²) in [5.74, 6) is -2.92. The van der Waals surface area contributed by atoms with E-state index in [1.165, 1.54) is 0 Å². The van der Waals surface area contributed by atoms with Crippen molar-refractivity contribution in [1.82, 2.24) is 0 Å². The van der Waals surface area contributed by atoms with Crippen LogP contribution in [0.1, 0.15) is 23.1 Å². The van der Waals surface area contributed by atoms with Crippen LogP contribution in [0.5, 0.6) is 0 Å². The molecule has 0 bridgehead atoms. The number of benzene rings is 2. The van der Waals surface area contributed by atoms with Gasteiger partial charge >= 0.3 is 17.9 Å². The molecule has 2 N–H and O–H groups in total. The molecule has 2 aromatic rings. The van der Waals surface area contributed by atoms with E-state index in [-0.39, 0.29) is 18.0 Å². The van der Waals surface area contributed by atoms with Crippen LogP contribution in [0.2, 0.25) is 0 Å². The lowest BCUT2D eigenvalue weighted by atomic mass is 9.86. The second-order valence-corrected chi connectivity index (χ2v) is 5.66. The smallest absolute Gasteiger partial charge is 0.334 e. The summed E-state index contributed by atoms with van der Waals surface area (Å²) in [4.78, 5) is 30.9. The largest absolute Gasteiger partial charge is 0.478 e. The summed E-state index contributed by atoms with van der Waals surface area (Å²) in [6, 6.07) is 19.7. The normalized spacial score (nSPS) is 18.5. The lowest BCUT2D eigenvalue weighted by molar-refractivity contribution is -0.139. The first-order valence-electron chi connectivity index (χ1n) is 8.03. The van der Waals surface area contributed by atoms with E-state index in [1.54, 1.807) is 0 Å². The minimum Gasteiger partial charge on any atom is -0.478 e. The van der Waals surface area contributed by atoms with Gasteiger partial charge in [0.1, 0.15) is 6.10 Å². The Morgan fingerprint density at radius 3 is 1.74 bits per heavy atom. The molecule has 0 spiro atoms. The minimum absolute atomic E-state index is 0.101. The molecule has 1 heterocycles. The zero-order valence-corrected chi connectivity index (χ0v) is 14.3. The first-order valence-corrected chi connectivity index (χ1v) is 8.03. The molecule has 1 saturated heterocycles. The van der Waals surface area contributed by atoms with Crippen molar-refractivity contribution in [2.24, 2.45) is 0 Å². The Morgan fingerprint density at radius 2 is 1.30 bits per heavy atom. The quantitative estimate of drug-likeness (QED) is 0.636. The Kier molecular flexibility index (Phi) is 6.66. The van der Waals surface area contributed by atoms with Gasteiger partial charge in [-0.25, -0.2) is 14.4 Å². The van der Waals surface area contributed by atoms with Crippen LogP contribution in [0.15, 0.2) is 85.0 Å². The van der Waals surface area contributed by atoms with Crippen LogP contribution < -0.4 is 0 Å². The molecule has 0 radical (unpaired) electrons. The van der Waals surface area contributed by atoms with E-state index in [1.807, 2.05) is 60.7 Å². The zero-order valence-electron chi connectivity index (χ0n) is 14.3. The Morgan fingerprint density at radius 1 is 0.852 bits per heavy atom. The molecule has 0 amide bonds. The topological polar surface area (TPSA) is 101 Å². The number of cyclic esters (lactones) is 1. The van der Waals surface area contributed by atoms with Gasteiger partial charge in [0.25, 0.3) is 0 Å². The molecule has 2 atom stereocenters. The average molecular weight is 366 g/mol. The standard InChI is InChI=1S/C17H14O2.C4H4O4/c1-12-15(13-8-4-2-5-9-13)16(19-17(12)18)14-10-6-3-7-11-14;5-3(6)1-2-4(7)8/h2-11,15-16H,1H2;1-2H,(H,5,6)(H,7,8)/b;2-1+/t15-,16-;/m0./s1. The summed E-state index contributed by atoms with van der Waals surface area (Å²) >= 11 is 0. The molecule has 0 aliphatic carbocycles. The third kappa shape index (κ3) is 5.40. The van der Waals surface area contributed by atoms with Gasteiger partial charge in [0.2, 0.25) is 0 Å². The van der Waals surface area contributed by atoms with Gasteiger partial charge in [-0.1, -0.05) is 67.2 Å². The van der Waals surface area contributed by atoms with Crippen LogP contribution in [0, 0.1) is 0 Å². The number of aliphatic carboxylic acids is 2. The minimum atomic E-state index is -1.26. The van der Waals surface area contributed by atoms with E-state index < -0.39 is 11.9 Å². The zero-order chi connectivity index (χ0) is 19.8. The molecular formula is C21H18O6. The predicted octanol–water partition coefficient (Wildman–Crippen LogP) is 3.34. The molecule has 27 heavy (non-hydrogen) atoms. The maximum Gasteiger partial charge on any atom is 0.334 e. The highest BCUT2D eigenvalue weighted by Crippen LogP contribution is 2.44. The van der Waals surface area contributed by atoms with Gasteiger partial charge in [-0.3, -0.25) is 0 Å². The van der Waals surface area contributed by atoms with Crippen LogP contribution in [0.3, 0.4) is 0 Å². The Labute approximate surface area is 156 Å². The first-order chi connectivity index (χ1) is 12.9. The molecule has 1 aliphatic rings. The number of carboxylic acid groups (broad SMARTS) is 2. The van der Waals surface area contributed by atoms with Gasteiger partial charge < -0.3 is 14.9 Å². The summed E-state index contributed by atoms with van der Waals surface area (Å²) < 4.78 is 5.49. The lowest BCUT2D eigenvalue weighted by Gasteiger charge is -2.18. The monoisotopic (exact) mass is 366 g/mol. The van der Waals surface area contributed by atoms with Crippen molar-refractivity contribution >= 4 is 17.9 Å². The van der Waals surface area contributed by atoms with Gasteiger partial charge in [0.05, 0.1) is 5.92 Å². The summed E-state index contributed by atoms with van der Waals surface area (Å²) in [5.41, 5.74) is 2.59. The number of esters is 1. The molecule has 0 saturated carbocycles. The fraction of sp³-hybridized carbons (Fsp3) is 0.0952. The number of carbonyl (C=O) groups is 3. The number of hydrogen-bond acceptors (Lipinski definition) is 4. The highest BCUT2D eigenvalue weighted by molar-refractivity contribution is 5.92. The van der Waals surface area contributed by atoms with E-state index in [0.717, 1.165) is 11.1 Å². The van der Waals surface area contributed by atoms with Gasteiger partial charge in [-0.15, -0.1) is 0 Å². The fourth-order valence-corrected chi connectivity index (χ4v) is 2.65. The second kappa shape index (κ2) is 9.15. The van der Waals surface area contributed by atoms with Crippen molar-refractivity contribution in [3.05, 3.63) is 96.1 Å². The molecule has 0 aromatic heterocycles. The summed E-state index contributed by atoms with van der Waals surface area (Å²) in [7, 11) is 0. The predicted molar refractivity (Wildman–Crippen MR) is 98.0 cm³/mol. The van der Waals surface area contributed by atoms with Crippen molar-refractivity contribution in [3.63, 3.8) is 0 Å². The van der Waals surface area contributed by atoms with Gasteiger partial charge in [-0.05, 0) is 11.1 Å². The molecule has 2 aromatic carbocycles. The van der Waals surface area contributed by atoms with Crippen LogP contribution in [0.25, 0.3) is 0 Å². The van der Waals surface area contributed by atoms with Crippen molar-refractivity contribution in [1.29, 1.82) is 0 Å². The maximum atomic E-state index is 11.8. The van der Waals surface area contributed by atoms with Crippen LogP contribution in [-0.2, 0) is 19.1 Å². The van der Waals surface area contributed by atoms with Crippen molar-refractivity contribution in [2.45, 2.75) is 12.0 Å². The Balaban J connectivity index is 0.000000279. The highest BCUT2D eigenvalue weighted by Gasteiger charge is 2.40. The van der Waals surface area contributed by atoms with E-state index >= 15 is 0 Å². The summed E-state index contributed by atoms with van der Waals surface area (Å²) in [6.07, 6.45) is 0.841. The van der Waals surface area contributed by atoms with Crippen molar-refractivity contribution in [2.75, 3.05) is 0 Å². The molecule has 1 aliphatic heterocycles. The third-order valence-corrected chi connectivity index (χ3v) is 3.83. The summed E-state index contributed by atoms with van der Waals surface area (Å²) in [5, 5.41) is 15.6. The molecule has 6 nitrogen and oxygen atoms in total. The van der Waals surface area contributed by atoms with E-state index in [4.69, 9.17) is 14.9 Å². The number of carboxylic acids is 2. The maximum absolute atomic E-state index is 11.8. The Bertz CT molecular complexity index is 839. The number of hydrogen-bond donors (Lipinski definition) is 2.